The number of aliphatic hydroxyl groups is 1. The first kappa shape index (κ1) is 13.5. The van der Waals surface area contributed by atoms with Crippen molar-refractivity contribution < 1.29 is 19.4 Å². The Morgan fingerprint density at radius 1 is 1.50 bits per heavy atom. The van der Waals surface area contributed by atoms with Gasteiger partial charge in [-0.1, -0.05) is 0 Å². The Morgan fingerprint density at radius 3 is 2.17 bits per heavy atom. The van der Waals surface area contributed by atoms with Crippen LogP contribution in [0.5, 0.6) is 0 Å². The van der Waals surface area contributed by atoms with E-state index in [1.807, 2.05) is 0 Å². The summed E-state index contributed by atoms with van der Waals surface area (Å²) in [4.78, 5) is 20.4. The van der Waals surface area contributed by atoms with Crippen LogP contribution in [0.3, 0.4) is 0 Å². The monoisotopic (exact) mass is 177 g/mol. The Kier molecular flexibility index (Phi) is 11.1. The van der Waals surface area contributed by atoms with Gasteiger partial charge in [-0.2, -0.15) is 0 Å². The first-order valence-corrected chi connectivity index (χ1v) is 3.50. The van der Waals surface area contributed by atoms with Crippen molar-refractivity contribution in [3.05, 3.63) is 0 Å². The molecular formula is C7H15NO4. The van der Waals surface area contributed by atoms with E-state index in [0.29, 0.717) is 0 Å². The molecule has 0 spiro atoms. The molecule has 0 unspecified atom stereocenters. The van der Waals surface area contributed by atoms with E-state index in [-0.39, 0.29) is 18.9 Å². The van der Waals surface area contributed by atoms with Crippen molar-refractivity contribution in [3.63, 3.8) is 0 Å². The fraction of sp³-hybridized carbons (Fsp3) is 0.714. The molecule has 0 aromatic heterocycles. The average molecular weight is 177 g/mol. The van der Waals surface area contributed by atoms with Crippen LogP contribution in [0.25, 0.3) is 0 Å². The predicted molar refractivity (Wildman–Crippen MR) is 43.8 cm³/mol. The molecule has 0 saturated heterocycles. The van der Waals surface area contributed by atoms with Crippen LogP contribution in [-0.4, -0.2) is 37.2 Å². The normalized spacial score (nSPS) is 7.67. The quantitative estimate of drug-likeness (QED) is 0.619. The third-order valence-electron chi connectivity index (χ3n) is 0.667. The standard InChI is InChI=1S/C5H9NO3.C2H6O/c1-4(7)3-6-5(8)9-2;1-2-3/h3H2,1-2H3,(H,6,8);3H,2H2,1H3. The molecule has 0 atom stereocenters. The van der Waals surface area contributed by atoms with E-state index in [4.69, 9.17) is 5.11 Å². The van der Waals surface area contributed by atoms with Crippen LogP contribution in [0.1, 0.15) is 13.8 Å². The van der Waals surface area contributed by atoms with Crippen LogP contribution in [0.2, 0.25) is 0 Å². The number of ketones is 1. The van der Waals surface area contributed by atoms with E-state index in [2.05, 4.69) is 10.1 Å². The molecule has 0 aromatic rings. The zero-order chi connectivity index (χ0) is 9.98. The summed E-state index contributed by atoms with van der Waals surface area (Å²) >= 11 is 0. The first-order valence-electron chi connectivity index (χ1n) is 3.50. The highest BCUT2D eigenvalue weighted by molar-refractivity contribution is 5.81. The highest BCUT2D eigenvalue weighted by atomic mass is 16.5. The number of carbonyl (C=O) groups is 2. The van der Waals surface area contributed by atoms with Crippen LogP contribution < -0.4 is 5.32 Å². The lowest BCUT2D eigenvalue weighted by molar-refractivity contribution is -0.116. The maximum atomic E-state index is 10.2. The molecule has 0 aliphatic rings. The maximum Gasteiger partial charge on any atom is 0.407 e. The number of nitrogens with one attached hydrogen (secondary N) is 1. The molecule has 5 nitrogen and oxygen atoms in total. The zero-order valence-electron chi connectivity index (χ0n) is 7.59. The maximum absolute atomic E-state index is 10.2. The molecule has 0 radical (unpaired) electrons. The predicted octanol–water partition coefficient (Wildman–Crippen LogP) is -0.0700. The second-order valence-corrected chi connectivity index (χ2v) is 1.86. The lowest BCUT2D eigenvalue weighted by Gasteiger charge is -1.97. The number of alkyl carbamates (subject to hydrolysis) is 1. The Morgan fingerprint density at radius 2 is 1.92 bits per heavy atom. The molecule has 2 N–H and O–H groups in total. The van der Waals surface area contributed by atoms with Crippen LogP contribution in [0.4, 0.5) is 4.79 Å². The minimum atomic E-state index is -0.579. The van der Waals surface area contributed by atoms with Crippen LogP contribution in [0.15, 0.2) is 0 Å². The van der Waals surface area contributed by atoms with Gasteiger partial charge in [-0.15, -0.1) is 0 Å². The van der Waals surface area contributed by atoms with Crippen molar-refractivity contribution in [1.82, 2.24) is 5.32 Å². The number of hydrogen-bond acceptors (Lipinski definition) is 4. The summed E-state index contributed by atoms with van der Waals surface area (Å²) in [5.41, 5.74) is 0. The summed E-state index contributed by atoms with van der Waals surface area (Å²) in [5, 5.41) is 9.79. The molecule has 1 amide bonds. The minimum Gasteiger partial charge on any atom is -0.453 e. The van der Waals surface area contributed by atoms with E-state index in [1.54, 1.807) is 6.92 Å². The number of carbonyl (C=O) groups excluding carboxylic acids is 2. The number of methoxy groups -OCH3 is 1. The first-order chi connectivity index (χ1) is 5.58. The van der Waals surface area contributed by atoms with E-state index in [0.717, 1.165) is 0 Å². The van der Waals surface area contributed by atoms with Gasteiger partial charge in [-0.25, -0.2) is 4.79 Å². The molecule has 0 bridgehead atoms. The number of Topliss-reactive ketones (excluding diaryl/α,β-unsaturated/α-hetero) is 1. The van der Waals surface area contributed by atoms with Crippen LogP contribution in [-0.2, 0) is 9.53 Å². The highest BCUT2D eigenvalue weighted by Crippen LogP contribution is 1.70. The van der Waals surface area contributed by atoms with Gasteiger partial charge >= 0.3 is 6.09 Å². The Balaban J connectivity index is 0. The van der Waals surface area contributed by atoms with Crippen molar-refractivity contribution in [3.8, 4) is 0 Å². The summed E-state index contributed by atoms with van der Waals surface area (Å²) < 4.78 is 4.20. The van der Waals surface area contributed by atoms with E-state index in [1.165, 1.54) is 14.0 Å². The number of rotatable bonds is 2. The molecule has 0 rings (SSSR count). The van der Waals surface area contributed by atoms with E-state index in [9.17, 15) is 9.59 Å². The van der Waals surface area contributed by atoms with Crippen molar-refractivity contribution in [1.29, 1.82) is 0 Å². The van der Waals surface area contributed by atoms with E-state index >= 15 is 0 Å². The van der Waals surface area contributed by atoms with Gasteiger partial charge in [0.25, 0.3) is 0 Å². The SMILES string of the molecule is CCO.COC(=O)NCC(C)=O. The van der Waals surface area contributed by atoms with Gasteiger partial charge in [0.05, 0.1) is 13.7 Å². The third kappa shape index (κ3) is 16.0. The third-order valence-corrected chi connectivity index (χ3v) is 0.667. The largest absolute Gasteiger partial charge is 0.453 e. The smallest absolute Gasteiger partial charge is 0.407 e. The van der Waals surface area contributed by atoms with Crippen molar-refractivity contribution in [2.45, 2.75) is 13.8 Å². The van der Waals surface area contributed by atoms with E-state index < -0.39 is 6.09 Å². The topological polar surface area (TPSA) is 75.6 Å². The van der Waals surface area contributed by atoms with Gasteiger partial charge in [0.1, 0.15) is 5.78 Å². The zero-order valence-corrected chi connectivity index (χ0v) is 7.59. The molecule has 12 heavy (non-hydrogen) atoms. The van der Waals surface area contributed by atoms with Gasteiger partial charge in [0.15, 0.2) is 0 Å². The highest BCUT2D eigenvalue weighted by Gasteiger charge is 1.97. The average Bonchev–Trinajstić information content (AvgIpc) is 2.01. The van der Waals surface area contributed by atoms with Crippen molar-refractivity contribution in [2.24, 2.45) is 0 Å². The molecule has 0 aromatic carbocycles. The van der Waals surface area contributed by atoms with Crippen molar-refractivity contribution in [2.75, 3.05) is 20.3 Å². The summed E-state index contributed by atoms with van der Waals surface area (Å²) in [6.45, 7) is 3.35. The van der Waals surface area contributed by atoms with Gasteiger partial charge in [-0.3, -0.25) is 4.79 Å². The van der Waals surface area contributed by atoms with Crippen LogP contribution in [0, 0.1) is 0 Å². The number of aliphatic hydroxyl groups excluding tert-OH is 1. The second kappa shape index (κ2) is 9.90. The molecule has 5 heteroatoms. The summed E-state index contributed by atoms with van der Waals surface area (Å²) in [6.07, 6.45) is -0.579. The fourth-order valence-corrected chi connectivity index (χ4v) is 0.269. The second-order valence-electron chi connectivity index (χ2n) is 1.86. The number of ether oxygens (including phenoxy) is 1. The van der Waals surface area contributed by atoms with Gasteiger partial charge < -0.3 is 15.2 Å². The lowest BCUT2D eigenvalue weighted by Crippen LogP contribution is -2.27. The number of amides is 1. The minimum absolute atomic E-state index is 0.0344. The molecule has 0 heterocycles. The summed E-state index contributed by atoms with van der Waals surface area (Å²) in [6, 6.07) is 0. The Labute approximate surface area is 71.7 Å². The molecule has 0 saturated carbocycles. The molecule has 72 valence electrons. The Bertz CT molecular complexity index is 135. The summed E-state index contributed by atoms with van der Waals surface area (Å²) in [5.74, 6) is -0.0969. The molecule has 0 aliphatic heterocycles. The molecular weight excluding hydrogens is 162 g/mol. The lowest BCUT2D eigenvalue weighted by atomic mass is 10.4. The van der Waals surface area contributed by atoms with Gasteiger partial charge in [0.2, 0.25) is 0 Å². The number of hydrogen-bond donors (Lipinski definition) is 2. The van der Waals surface area contributed by atoms with Crippen LogP contribution >= 0.6 is 0 Å². The summed E-state index contributed by atoms with van der Waals surface area (Å²) in [7, 11) is 1.25. The van der Waals surface area contributed by atoms with Gasteiger partial charge in [0, 0.05) is 6.61 Å². The van der Waals surface area contributed by atoms with Gasteiger partial charge in [-0.05, 0) is 13.8 Å². The molecule has 0 fully saturated rings. The molecule has 0 aliphatic carbocycles. The fourth-order valence-electron chi connectivity index (χ4n) is 0.269. The van der Waals surface area contributed by atoms with Crippen molar-refractivity contribution >= 4 is 11.9 Å². The Hall–Kier alpha value is -1.10.